The normalized spacial score (nSPS) is 11.4. The maximum atomic E-state index is 13.1. The van der Waals surface area contributed by atoms with E-state index in [-0.39, 0.29) is 11.5 Å². The molecule has 3 N–H and O–H groups in total. The van der Waals surface area contributed by atoms with Crippen LogP contribution in [0.4, 0.5) is 16.4 Å². The van der Waals surface area contributed by atoms with Gasteiger partial charge in [0.15, 0.2) is 5.76 Å². The molecule has 2 heterocycles. The zero-order chi connectivity index (χ0) is 20.5. The molecule has 146 valence electrons. The summed E-state index contributed by atoms with van der Waals surface area (Å²) >= 11 is 7.31. The number of fused-ring (bicyclic) bond motifs is 1. The fourth-order valence-corrected chi connectivity index (χ4v) is 4.31. The van der Waals surface area contributed by atoms with Gasteiger partial charge >= 0.3 is 0 Å². The minimum absolute atomic E-state index is 0.220. The van der Waals surface area contributed by atoms with Crippen LogP contribution in [0.5, 0.6) is 0 Å². The number of nitrogens with zero attached hydrogens (tertiary/aromatic N) is 1. The summed E-state index contributed by atoms with van der Waals surface area (Å²) in [5, 5.41) is 5.45. The monoisotopic (exact) mass is 423 g/mol. The van der Waals surface area contributed by atoms with Gasteiger partial charge in [0.25, 0.3) is 0 Å². The number of hydrogen-bond donors (Lipinski definition) is 2. The lowest BCUT2D eigenvalue weighted by atomic mass is 10.1. The summed E-state index contributed by atoms with van der Waals surface area (Å²) in [5.74, 6) is -0.0554. The van der Waals surface area contributed by atoms with Crippen molar-refractivity contribution >= 4 is 62.3 Å². The van der Waals surface area contributed by atoms with Crippen molar-refractivity contribution in [2.24, 2.45) is 4.99 Å². The van der Waals surface area contributed by atoms with Gasteiger partial charge in [0.1, 0.15) is 15.5 Å². The fourth-order valence-electron chi connectivity index (χ4n) is 3.07. The van der Waals surface area contributed by atoms with Crippen LogP contribution >= 0.6 is 22.9 Å². The molecule has 5 nitrogen and oxygen atoms in total. The highest BCUT2D eigenvalue weighted by atomic mass is 35.5. The molecule has 2 aromatic carbocycles. The summed E-state index contributed by atoms with van der Waals surface area (Å²) in [6.45, 7) is 2.02. The van der Waals surface area contributed by atoms with Crippen molar-refractivity contribution in [2.45, 2.75) is 6.92 Å². The van der Waals surface area contributed by atoms with Crippen LogP contribution in [0.25, 0.3) is 11.0 Å². The molecule has 0 bridgehead atoms. The quantitative estimate of drug-likeness (QED) is 0.302. The van der Waals surface area contributed by atoms with E-state index in [1.807, 2.05) is 31.2 Å². The molecule has 29 heavy (non-hydrogen) atoms. The SMILES string of the molecule is CN=Cc1c(Nc2cccc(C)c2)sc(C(=O)c2cc3cc(Cl)ccc3o2)c1N. The predicted octanol–water partition coefficient (Wildman–Crippen LogP) is 6.06. The van der Waals surface area contributed by atoms with Crippen molar-refractivity contribution < 1.29 is 9.21 Å². The number of rotatable bonds is 5. The van der Waals surface area contributed by atoms with E-state index in [0.29, 0.717) is 26.7 Å². The van der Waals surface area contributed by atoms with Crippen molar-refractivity contribution in [3.05, 3.63) is 75.3 Å². The van der Waals surface area contributed by atoms with Gasteiger partial charge in [-0.3, -0.25) is 9.79 Å². The van der Waals surface area contributed by atoms with Gasteiger partial charge in [0, 0.05) is 29.4 Å². The lowest BCUT2D eigenvalue weighted by Gasteiger charge is -2.06. The van der Waals surface area contributed by atoms with Crippen LogP contribution in [0, 0.1) is 6.92 Å². The zero-order valence-corrected chi connectivity index (χ0v) is 17.4. The Balaban J connectivity index is 1.75. The van der Waals surface area contributed by atoms with Gasteiger partial charge in [-0.2, -0.15) is 0 Å². The summed E-state index contributed by atoms with van der Waals surface area (Å²) in [6.07, 6.45) is 1.65. The van der Waals surface area contributed by atoms with Crippen LogP contribution in [-0.2, 0) is 0 Å². The van der Waals surface area contributed by atoms with Crippen LogP contribution in [0.15, 0.2) is 57.9 Å². The topological polar surface area (TPSA) is 80.6 Å². The number of hydrogen-bond acceptors (Lipinski definition) is 6. The Kier molecular flexibility index (Phi) is 5.13. The van der Waals surface area contributed by atoms with Crippen LogP contribution in [0.1, 0.15) is 26.6 Å². The van der Waals surface area contributed by atoms with Gasteiger partial charge < -0.3 is 15.5 Å². The molecule has 0 saturated carbocycles. The number of nitrogens with one attached hydrogen (secondary N) is 1. The molecule has 7 heteroatoms. The van der Waals surface area contributed by atoms with E-state index in [1.165, 1.54) is 11.3 Å². The molecule has 0 radical (unpaired) electrons. The van der Waals surface area contributed by atoms with E-state index in [2.05, 4.69) is 10.3 Å². The lowest BCUT2D eigenvalue weighted by molar-refractivity contribution is 0.102. The Bertz CT molecular complexity index is 1260. The largest absolute Gasteiger partial charge is 0.453 e. The Hall–Kier alpha value is -3.09. The number of nitrogen functional groups attached to an aromatic ring is 1. The van der Waals surface area contributed by atoms with Gasteiger partial charge in [-0.15, -0.1) is 11.3 Å². The second-order valence-electron chi connectivity index (χ2n) is 6.59. The molecule has 4 rings (SSSR count). The molecule has 4 aromatic rings. The lowest BCUT2D eigenvalue weighted by Crippen LogP contribution is -2.02. The number of anilines is 3. The first-order valence-electron chi connectivity index (χ1n) is 8.88. The summed E-state index contributed by atoms with van der Waals surface area (Å²) < 4.78 is 5.73. The smallest absolute Gasteiger partial charge is 0.240 e. The number of benzene rings is 2. The summed E-state index contributed by atoms with van der Waals surface area (Å²) in [6, 6.07) is 14.9. The molecule has 0 atom stereocenters. The van der Waals surface area contributed by atoms with Crippen molar-refractivity contribution in [2.75, 3.05) is 18.1 Å². The molecular weight excluding hydrogens is 406 g/mol. The highest BCUT2D eigenvalue weighted by molar-refractivity contribution is 7.19. The van der Waals surface area contributed by atoms with Crippen LogP contribution < -0.4 is 11.1 Å². The molecular formula is C22H18ClN3O2S. The molecule has 0 fully saturated rings. The molecule has 0 amide bonds. The number of aliphatic imine (C=N–C) groups is 1. The van der Waals surface area contributed by atoms with E-state index in [0.717, 1.165) is 21.6 Å². The fraction of sp³-hybridized carbons (Fsp3) is 0.0909. The molecule has 0 saturated heterocycles. The zero-order valence-electron chi connectivity index (χ0n) is 15.8. The van der Waals surface area contributed by atoms with Crippen molar-refractivity contribution in [3.8, 4) is 0 Å². The average molecular weight is 424 g/mol. The summed E-state index contributed by atoms with van der Waals surface area (Å²) in [7, 11) is 1.66. The van der Waals surface area contributed by atoms with Gasteiger partial charge in [0.2, 0.25) is 5.78 Å². The second kappa shape index (κ2) is 7.73. The van der Waals surface area contributed by atoms with Gasteiger partial charge in [0.05, 0.1) is 11.3 Å². The Morgan fingerprint density at radius 3 is 2.83 bits per heavy atom. The molecule has 0 unspecified atom stereocenters. The number of furan rings is 1. The minimum atomic E-state index is -0.275. The van der Waals surface area contributed by atoms with E-state index >= 15 is 0 Å². The Morgan fingerprint density at radius 2 is 2.07 bits per heavy atom. The average Bonchev–Trinajstić information content (AvgIpc) is 3.24. The third-order valence-electron chi connectivity index (χ3n) is 4.43. The molecule has 0 spiro atoms. The number of thiophene rings is 1. The highest BCUT2D eigenvalue weighted by Crippen LogP contribution is 2.38. The number of halogens is 1. The van der Waals surface area contributed by atoms with Crippen LogP contribution in [0.2, 0.25) is 5.02 Å². The summed E-state index contributed by atoms with van der Waals surface area (Å²) in [4.78, 5) is 17.6. The minimum Gasteiger partial charge on any atom is -0.453 e. The Labute approximate surface area is 176 Å². The van der Waals surface area contributed by atoms with Crippen molar-refractivity contribution in [3.63, 3.8) is 0 Å². The van der Waals surface area contributed by atoms with E-state index in [4.69, 9.17) is 21.8 Å². The predicted molar refractivity (Wildman–Crippen MR) is 121 cm³/mol. The maximum absolute atomic E-state index is 13.1. The number of nitrogens with two attached hydrogens (primary N) is 1. The van der Waals surface area contributed by atoms with Crippen molar-refractivity contribution in [1.29, 1.82) is 0 Å². The first kappa shape index (κ1) is 19.2. The standard InChI is InChI=1S/C22H18ClN3O2S/c1-12-4-3-5-15(8-12)26-22-16(11-25-2)19(24)21(29-22)20(27)18-10-13-9-14(23)6-7-17(13)28-18/h3-11,26H,24H2,1-2H3. The molecule has 0 aliphatic heterocycles. The highest BCUT2D eigenvalue weighted by Gasteiger charge is 2.24. The summed E-state index contributed by atoms with van der Waals surface area (Å²) in [5.41, 5.74) is 10.0. The second-order valence-corrected chi connectivity index (χ2v) is 8.05. The Morgan fingerprint density at radius 1 is 1.24 bits per heavy atom. The van der Waals surface area contributed by atoms with Crippen molar-refractivity contribution in [1.82, 2.24) is 0 Å². The van der Waals surface area contributed by atoms with Crippen LogP contribution in [-0.4, -0.2) is 19.0 Å². The number of carbonyl (C=O) groups is 1. The first-order chi connectivity index (χ1) is 14.0. The maximum Gasteiger partial charge on any atom is 0.240 e. The van der Waals surface area contributed by atoms with Crippen LogP contribution in [0.3, 0.4) is 0 Å². The molecule has 0 aliphatic rings. The molecule has 2 aromatic heterocycles. The van der Waals surface area contributed by atoms with Gasteiger partial charge in [-0.25, -0.2) is 0 Å². The third-order valence-corrected chi connectivity index (χ3v) is 5.80. The van der Waals surface area contributed by atoms with E-state index in [1.54, 1.807) is 37.5 Å². The number of aryl methyl sites for hydroxylation is 1. The number of carbonyl (C=O) groups excluding carboxylic acids is 1. The first-order valence-corrected chi connectivity index (χ1v) is 10.1. The van der Waals surface area contributed by atoms with E-state index < -0.39 is 0 Å². The molecule has 0 aliphatic carbocycles. The number of ketones is 1. The third kappa shape index (κ3) is 3.77. The van der Waals surface area contributed by atoms with E-state index in [9.17, 15) is 4.79 Å². The van der Waals surface area contributed by atoms with Gasteiger partial charge in [-0.1, -0.05) is 23.7 Å². The van der Waals surface area contributed by atoms with Gasteiger partial charge in [-0.05, 0) is 48.9 Å².